The highest BCUT2D eigenvalue weighted by molar-refractivity contribution is 6.16. The Balaban J connectivity index is 1.57. The van der Waals surface area contributed by atoms with Gasteiger partial charge in [-0.05, 0) is 33.5 Å². The number of aliphatic carboxylic acids is 1. The summed E-state index contributed by atoms with van der Waals surface area (Å²) in [5.74, 6) is -1.06. The summed E-state index contributed by atoms with van der Waals surface area (Å²) in [7, 11) is 0. The number of carbonyl (C=O) groups is 1. The topological polar surface area (TPSA) is 116 Å². The molecule has 1 aliphatic heterocycles. The molecule has 1 saturated heterocycles. The fraction of sp³-hybridized carbons (Fsp3) is 0.227. The zero-order valence-corrected chi connectivity index (χ0v) is 15.1. The number of benzene rings is 3. The van der Waals surface area contributed by atoms with Gasteiger partial charge in [-0.25, -0.2) is 4.79 Å². The van der Waals surface area contributed by atoms with Gasteiger partial charge < -0.3 is 29.9 Å². The number of aliphatic hydroxyl groups is 3. The number of rotatable bonds is 3. The van der Waals surface area contributed by atoms with Crippen LogP contribution < -0.4 is 4.74 Å². The molecule has 5 atom stereocenters. The van der Waals surface area contributed by atoms with E-state index in [0.717, 1.165) is 33.0 Å². The van der Waals surface area contributed by atoms with Gasteiger partial charge in [-0.2, -0.15) is 0 Å². The average Bonchev–Trinajstić information content (AvgIpc) is 3.05. The minimum absolute atomic E-state index is 0.392. The number of carboxylic acid groups (broad SMARTS) is 1. The zero-order chi connectivity index (χ0) is 20.3. The van der Waals surface area contributed by atoms with E-state index in [1.54, 1.807) is 12.1 Å². The Morgan fingerprint density at radius 3 is 2.21 bits per heavy atom. The SMILES string of the molecule is O=C(O)[C@H]1O[C@@H](Oc2cccc3c2-c2cccc4cccc-3c24)[C@H](O)[C@@H](O)[C@@H]1O. The van der Waals surface area contributed by atoms with Gasteiger partial charge in [0.1, 0.15) is 24.1 Å². The lowest BCUT2D eigenvalue weighted by Gasteiger charge is -2.38. The van der Waals surface area contributed by atoms with Gasteiger partial charge in [-0.1, -0.05) is 48.5 Å². The smallest absolute Gasteiger partial charge is 0.335 e. The standard InChI is InChI=1S/C22H18O7/c23-17-18(24)20(21(26)27)29-22(19(17)25)28-14-9-3-7-12-11-6-1-4-10-5-2-8-13(15(10)11)16(12)14/h1-9,17-20,22-25H,(H,26,27)/t17-,18-,19+,20-,22+/m0/s1. The Labute approximate surface area is 165 Å². The molecular formula is C22H18O7. The van der Waals surface area contributed by atoms with Crippen LogP contribution in [0.1, 0.15) is 0 Å². The van der Waals surface area contributed by atoms with Gasteiger partial charge in [0.05, 0.1) is 0 Å². The maximum Gasteiger partial charge on any atom is 0.335 e. The summed E-state index contributed by atoms with van der Waals surface area (Å²) < 4.78 is 11.1. The molecule has 3 aromatic rings. The van der Waals surface area contributed by atoms with Crippen LogP contribution in [-0.2, 0) is 9.53 Å². The maximum atomic E-state index is 11.3. The van der Waals surface area contributed by atoms with Crippen LogP contribution in [0, 0.1) is 0 Å². The summed E-state index contributed by atoms with van der Waals surface area (Å²) in [5, 5.41) is 41.6. The molecule has 7 heteroatoms. The largest absolute Gasteiger partial charge is 0.479 e. The Hall–Kier alpha value is -2.97. The highest BCUT2D eigenvalue weighted by Crippen LogP contribution is 2.51. The predicted molar refractivity (Wildman–Crippen MR) is 103 cm³/mol. The number of hydrogen-bond donors (Lipinski definition) is 4. The summed E-state index contributed by atoms with van der Waals surface area (Å²) in [6, 6.07) is 17.4. The third-order valence-corrected chi connectivity index (χ3v) is 5.55. The molecule has 0 saturated carbocycles. The Bertz CT molecular complexity index is 1120. The van der Waals surface area contributed by atoms with E-state index in [1.807, 2.05) is 42.5 Å². The van der Waals surface area contributed by atoms with Gasteiger partial charge in [0.15, 0.2) is 6.10 Å². The average molecular weight is 394 g/mol. The van der Waals surface area contributed by atoms with Gasteiger partial charge >= 0.3 is 5.97 Å². The number of carboxylic acids is 1. The van der Waals surface area contributed by atoms with Crippen LogP contribution in [0.2, 0.25) is 0 Å². The number of aliphatic hydroxyl groups excluding tert-OH is 3. The van der Waals surface area contributed by atoms with E-state index in [2.05, 4.69) is 0 Å². The minimum Gasteiger partial charge on any atom is -0.479 e. The van der Waals surface area contributed by atoms with Gasteiger partial charge in [0.2, 0.25) is 6.29 Å². The molecule has 1 fully saturated rings. The van der Waals surface area contributed by atoms with Crippen LogP contribution in [0.3, 0.4) is 0 Å². The van der Waals surface area contributed by atoms with E-state index < -0.39 is 36.7 Å². The fourth-order valence-electron chi connectivity index (χ4n) is 4.18. The van der Waals surface area contributed by atoms with Crippen molar-refractivity contribution >= 4 is 16.7 Å². The molecule has 0 radical (unpaired) electrons. The molecule has 2 aliphatic rings. The summed E-state index contributed by atoms with van der Waals surface area (Å²) in [6.45, 7) is 0. The van der Waals surface area contributed by atoms with Crippen molar-refractivity contribution in [3.63, 3.8) is 0 Å². The molecular weight excluding hydrogens is 376 g/mol. The van der Waals surface area contributed by atoms with E-state index in [4.69, 9.17) is 9.47 Å². The second-order valence-corrected chi connectivity index (χ2v) is 7.24. The third kappa shape index (κ3) is 2.63. The molecule has 4 N–H and O–H groups in total. The Morgan fingerprint density at radius 2 is 1.48 bits per heavy atom. The van der Waals surface area contributed by atoms with Crippen LogP contribution in [-0.4, -0.2) is 57.1 Å². The monoisotopic (exact) mass is 394 g/mol. The second-order valence-electron chi connectivity index (χ2n) is 7.24. The van der Waals surface area contributed by atoms with Crippen LogP contribution >= 0.6 is 0 Å². The molecule has 0 spiro atoms. The summed E-state index contributed by atoms with van der Waals surface area (Å²) >= 11 is 0. The van der Waals surface area contributed by atoms with Gasteiger partial charge in [-0.15, -0.1) is 0 Å². The third-order valence-electron chi connectivity index (χ3n) is 5.55. The van der Waals surface area contributed by atoms with Crippen LogP contribution in [0.4, 0.5) is 0 Å². The lowest BCUT2D eigenvalue weighted by atomic mass is 9.98. The molecule has 0 unspecified atom stereocenters. The first kappa shape index (κ1) is 18.1. The first-order valence-electron chi connectivity index (χ1n) is 9.22. The highest BCUT2D eigenvalue weighted by atomic mass is 16.7. The Kier molecular flexibility index (Phi) is 4.07. The van der Waals surface area contributed by atoms with E-state index in [9.17, 15) is 25.2 Å². The fourth-order valence-corrected chi connectivity index (χ4v) is 4.18. The van der Waals surface area contributed by atoms with Gasteiger partial charge in [-0.3, -0.25) is 0 Å². The van der Waals surface area contributed by atoms with Crippen molar-refractivity contribution in [1.29, 1.82) is 0 Å². The number of fused-ring (bicyclic) bond motifs is 3. The van der Waals surface area contributed by atoms with E-state index in [-0.39, 0.29) is 0 Å². The summed E-state index contributed by atoms with van der Waals surface area (Å²) in [4.78, 5) is 11.3. The van der Waals surface area contributed by atoms with Crippen LogP contribution in [0.15, 0.2) is 54.6 Å². The molecule has 3 aromatic carbocycles. The molecule has 1 aliphatic carbocycles. The molecule has 0 aromatic heterocycles. The molecule has 0 amide bonds. The van der Waals surface area contributed by atoms with Crippen molar-refractivity contribution < 1.29 is 34.7 Å². The molecule has 5 rings (SSSR count). The van der Waals surface area contributed by atoms with Crippen molar-refractivity contribution in [1.82, 2.24) is 0 Å². The van der Waals surface area contributed by atoms with Crippen molar-refractivity contribution in [3.8, 4) is 28.0 Å². The Morgan fingerprint density at radius 1 is 0.828 bits per heavy atom. The van der Waals surface area contributed by atoms with E-state index >= 15 is 0 Å². The molecule has 7 nitrogen and oxygen atoms in total. The predicted octanol–water partition coefficient (Wildman–Crippen LogP) is 1.76. The van der Waals surface area contributed by atoms with Gasteiger partial charge in [0, 0.05) is 5.56 Å². The van der Waals surface area contributed by atoms with E-state index in [0.29, 0.717) is 5.75 Å². The van der Waals surface area contributed by atoms with Crippen molar-refractivity contribution in [2.24, 2.45) is 0 Å². The van der Waals surface area contributed by atoms with Crippen molar-refractivity contribution in [2.75, 3.05) is 0 Å². The second kappa shape index (κ2) is 6.53. The zero-order valence-electron chi connectivity index (χ0n) is 15.1. The number of hydrogen-bond acceptors (Lipinski definition) is 6. The molecule has 1 heterocycles. The number of ether oxygens (including phenoxy) is 2. The lowest BCUT2D eigenvalue weighted by molar-refractivity contribution is -0.271. The van der Waals surface area contributed by atoms with Crippen molar-refractivity contribution in [3.05, 3.63) is 54.6 Å². The first-order chi connectivity index (χ1) is 14.0. The minimum atomic E-state index is -1.76. The normalized spacial score (nSPS) is 27.6. The molecule has 29 heavy (non-hydrogen) atoms. The maximum absolute atomic E-state index is 11.3. The first-order valence-corrected chi connectivity index (χ1v) is 9.22. The van der Waals surface area contributed by atoms with Gasteiger partial charge in [0.25, 0.3) is 0 Å². The van der Waals surface area contributed by atoms with E-state index in [1.165, 1.54) is 0 Å². The highest BCUT2D eigenvalue weighted by Gasteiger charge is 2.48. The quantitative estimate of drug-likeness (QED) is 0.418. The summed E-state index contributed by atoms with van der Waals surface area (Å²) in [6.07, 6.45) is -8.26. The molecule has 148 valence electrons. The molecule has 0 bridgehead atoms. The summed E-state index contributed by atoms with van der Waals surface area (Å²) in [5.41, 5.74) is 3.78. The van der Waals surface area contributed by atoms with Crippen molar-refractivity contribution in [2.45, 2.75) is 30.7 Å². The lowest BCUT2D eigenvalue weighted by Crippen LogP contribution is -2.61. The van der Waals surface area contributed by atoms with Crippen LogP contribution in [0.25, 0.3) is 33.0 Å². The van der Waals surface area contributed by atoms with Crippen LogP contribution in [0.5, 0.6) is 5.75 Å².